The van der Waals surface area contributed by atoms with Gasteiger partial charge in [-0.25, -0.2) is 4.79 Å². The first-order chi connectivity index (χ1) is 18.5. The van der Waals surface area contributed by atoms with Gasteiger partial charge in [0, 0.05) is 45.6 Å². The Kier molecular flexibility index (Phi) is 16.4. The van der Waals surface area contributed by atoms with Crippen molar-refractivity contribution in [2.24, 2.45) is 11.7 Å². The highest BCUT2D eigenvalue weighted by molar-refractivity contribution is 5.78. The molecule has 1 saturated carbocycles. The van der Waals surface area contributed by atoms with Gasteiger partial charge in [0.25, 0.3) is 0 Å². The van der Waals surface area contributed by atoms with Crippen LogP contribution in [0.2, 0.25) is 0 Å². The second-order valence-corrected chi connectivity index (χ2v) is 9.90. The lowest BCUT2D eigenvalue weighted by Crippen LogP contribution is -2.33. The van der Waals surface area contributed by atoms with Crippen LogP contribution in [0.25, 0.3) is 0 Å². The highest BCUT2D eigenvalue weighted by atomic mass is 16.5. The highest BCUT2D eigenvalue weighted by Crippen LogP contribution is 2.32. The van der Waals surface area contributed by atoms with Gasteiger partial charge in [0.2, 0.25) is 17.7 Å². The van der Waals surface area contributed by atoms with E-state index in [1.54, 1.807) is 0 Å². The van der Waals surface area contributed by atoms with Crippen LogP contribution in [0.3, 0.4) is 0 Å². The summed E-state index contributed by atoms with van der Waals surface area (Å²) in [5.41, 5.74) is 5.03. The molecular weight excluding hydrogens is 494 g/mol. The molecule has 12 nitrogen and oxygen atoms in total. The smallest absolute Gasteiger partial charge is 0.315 e. The number of nitrogens with two attached hydrogens (primary N) is 1. The lowest BCUT2D eigenvalue weighted by Gasteiger charge is -2.17. The zero-order valence-corrected chi connectivity index (χ0v) is 22.6. The second-order valence-electron chi connectivity index (χ2n) is 9.90. The van der Waals surface area contributed by atoms with Crippen molar-refractivity contribution in [2.75, 3.05) is 52.7 Å². The molecule has 0 radical (unpaired) electrons. The van der Waals surface area contributed by atoms with Crippen LogP contribution in [0.15, 0.2) is 0 Å². The van der Waals surface area contributed by atoms with E-state index in [0.29, 0.717) is 84.3 Å². The summed E-state index contributed by atoms with van der Waals surface area (Å²) in [7, 11) is 0. The molecule has 0 aromatic heterocycles. The first-order valence-corrected chi connectivity index (χ1v) is 14.1. The minimum Gasteiger partial charge on any atom is -0.379 e. The van der Waals surface area contributed by atoms with E-state index < -0.39 is 5.91 Å². The predicted octanol–water partition coefficient (Wildman–Crippen LogP) is 0.725. The third-order valence-corrected chi connectivity index (χ3v) is 6.78. The van der Waals surface area contributed by atoms with E-state index in [1.807, 2.05) is 0 Å². The first-order valence-electron chi connectivity index (χ1n) is 14.1. The van der Waals surface area contributed by atoms with Gasteiger partial charge in [0.05, 0.1) is 38.5 Å². The summed E-state index contributed by atoms with van der Waals surface area (Å²) in [6, 6.07) is 0.506. The number of nitrogens with one attached hydrogen (secondary N) is 4. The number of urea groups is 1. The number of primary amides is 1. The van der Waals surface area contributed by atoms with Crippen molar-refractivity contribution in [3.8, 4) is 0 Å². The molecule has 2 aliphatic rings. The van der Waals surface area contributed by atoms with Crippen LogP contribution in [-0.2, 0) is 28.6 Å². The number of rotatable bonds is 23. The fourth-order valence-corrected chi connectivity index (χ4v) is 4.78. The second kappa shape index (κ2) is 19.6. The lowest BCUT2D eigenvalue weighted by molar-refractivity contribution is -0.122. The van der Waals surface area contributed by atoms with Crippen LogP contribution in [-0.4, -0.2) is 88.6 Å². The monoisotopic (exact) mass is 541 g/mol. The maximum atomic E-state index is 12.0. The summed E-state index contributed by atoms with van der Waals surface area (Å²) >= 11 is 0. The molecule has 0 aromatic carbocycles. The summed E-state index contributed by atoms with van der Waals surface area (Å²) in [4.78, 5) is 45.6. The van der Waals surface area contributed by atoms with Crippen molar-refractivity contribution in [1.29, 1.82) is 0 Å². The van der Waals surface area contributed by atoms with Crippen molar-refractivity contribution in [3.63, 3.8) is 0 Å². The number of hydrogen-bond acceptors (Lipinski definition) is 7. The Morgan fingerprint density at radius 1 is 0.737 bits per heavy atom. The zero-order valence-electron chi connectivity index (χ0n) is 22.6. The Labute approximate surface area is 225 Å². The fraction of sp³-hybridized carbons (Fsp3) is 0.846. The van der Waals surface area contributed by atoms with E-state index in [9.17, 15) is 19.2 Å². The summed E-state index contributed by atoms with van der Waals surface area (Å²) in [5, 5.41) is 11.7. The van der Waals surface area contributed by atoms with Crippen LogP contribution >= 0.6 is 0 Å². The summed E-state index contributed by atoms with van der Waals surface area (Å²) in [6.45, 7) is 4.18. The average Bonchev–Trinajstić information content (AvgIpc) is 3.43. The lowest BCUT2D eigenvalue weighted by atomic mass is 9.96. The van der Waals surface area contributed by atoms with Gasteiger partial charge in [0.15, 0.2) is 0 Å². The minimum absolute atomic E-state index is 0.0462. The largest absolute Gasteiger partial charge is 0.379 e. The van der Waals surface area contributed by atoms with Gasteiger partial charge in [-0.1, -0.05) is 6.42 Å². The number of carbonyl (C=O) groups excluding carboxylic acids is 4. The maximum absolute atomic E-state index is 12.0. The Morgan fingerprint density at radius 3 is 1.92 bits per heavy atom. The van der Waals surface area contributed by atoms with Crippen LogP contribution in [0, 0.1) is 5.92 Å². The molecule has 218 valence electrons. The molecule has 6 N–H and O–H groups in total. The van der Waals surface area contributed by atoms with Crippen LogP contribution in [0.1, 0.15) is 70.6 Å². The quantitative estimate of drug-likeness (QED) is 0.119. The van der Waals surface area contributed by atoms with E-state index in [-0.39, 0.29) is 36.3 Å². The van der Waals surface area contributed by atoms with Gasteiger partial charge in [-0.05, 0) is 50.9 Å². The van der Waals surface area contributed by atoms with Crippen molar-refractivity contribution in [3.05, 3.63) is 0 Å². The van der Waals surface area contributed by atoms with E-state index in [2.05, 4.69) is 21.3 Å². The molecule has 0 bridgehead atoms. The number of carbonyl (C=O) groups is 4. The zero-order chi connectivity index (χ0) is 27.4. The molecule has 1 aliphatic carbocycles. The maximum Gasteiger partial charge on any atom is 0.315 e. The molecule has 2 fully saturated rings. The average molecular weight is 542 g/mol. The van der Waals surface area contributed by atoms with Gasteiger partial charge in [-0.15, -0.1) is 0 Å². The van der Waals surface area contributed by atoms with Crippen LogP contribution in [0.4, 0.5) is 4.79 Å². The molecule has 1 aliphatic heterocycles. The molecule has 5 amide bonds. The third-order valence-electron chi connectivity index (χ3n) is 6.78. The van der Waals surface area contributed by atoms with E-state index >= 15 is 0 Å². The normalized spacial score (nSPS) is 20.0. The number of ether oxygens (including phenoxy) is 3. The Hall–Kier alpha value is -2.44. The van der Waals surface area contributed by atoms with Crippen molar-refractivity contribution >= 4 is 23.8 Å². The Bertz CT molecular complexity index is 724. The number of hydrogen-bond donors (Lipinski definition) is 5. The topological polar surface area (TPSA) is 170 Å². The molecule has 0 unspecified atom stereocenters. The minimum atomic E-state index is -0.391. The molecule has 38 heavy (non-hydrogen) atoms. The third kappa shape index (κ3) is 14.5. The molecule has 0 aromatic rings. The summed E-state index contributed by atoms with van der Waals surface area (Å²) < 4.78 is 16.4. The molecule has 12 heteroatoms. The molecular formula is C26H47N5O7. The highest BCUT2D eigenvalue weighted by Gasteiger charge is 2.41. The summed E-state index contributed by atoms with van der Waals surface area (Å²) in [5.74, 6) is 0.128. The Balaban J connectivity index is 1.25. The van der Waals surface area contributed by atoms with Gasteiger partial charge in [0.1, 0.15) is 0 Å². The van der Waals surface area contributed by atoms with Crippen molar-refractivity contribution in [1.82, 2.24) is 21.3 Å². The fourth-order valence-electron chi connectivity index (χ4n) is 4.78. The van der Waals surface area contributed by atoms with Gasteiger partial charge >= 0.3 is 6.03 Å². The van der Waals surface area contributed by atoms with E-state index in [0.717, 1.165) is 38.5 Å². The molecule has 0 spiro atoms. The number of unbranched alkanes of at least 4 members (excludes halogenated alkanes) is 1. The van der Waals surface area contributed by atoms with E-state index in [4.69, 9.17) is 19.9 Å². The first kappa shape index (κ1) is 31.8. The van der Waals surface area contributed by atoms with Crippen LogP contribution < -0.4 is 27.0 Å². The molecule has 1 heterocycles. The standard InChI is InChI=1S/C26H47N5O7/c27-22(32)7-3-9-24(34)29-13-5-15-37-17-19-38-18-16-36-14-4-12-28-23(33)8-2-1-6-20-10-11-21-25(20)31-26(35)30-21/h20-21,25H,1-19H2,(H2,27,32)(H,28,33)(H,29,34)(H2,30,31,35)/t20-,21+,25-/m1/s1. The molecule has 2 rings (SSSR count). The predicted molar refractivity (Wildman–Crippen MR) is 141 cm³/mol. The summed E-state index contributed by atoms with van der Waals surface area (Å²) in [6.07, 6.45) is 8.12. The van der Waals surface area contributed by atoms with Gasteiger partial charge in [-0.2, -0.15) is 0 Å². The molecule has 1 saturated heterocycles. The van der Waals surface area contributed by atoms with Crippen molar-refractivity contribution in [2.45, 2.75) is 82.7 Å². The van der Waals surface area contributed by atoms with Gasteiger partial charge < -0.3 is 41.2 Å². The van der Waals surface area contributed by atoms with Crippen molar-refractivity contribution < 1.29 is 33.4 Å². The van der Waals surface area contributed by atoms with Crippen LogP contribution in [0.5, 0.6) is 0 Å². The van der Waals surface area contributed by atoms with E-state index in [1.165, 1.54) is 0 Å². The number of fused-ring (bicyclic) bond motifs is 1. The SMILES string of the molecule is NC(=O)CCCC(=O)NCCCOCCOCCOCCCNC(=O)CCCC[C@@H]1CC[C@@H]2NC(=O)N[C@H]12. The Morgan fingerprint density at radius 2 is 1.32 bits per heavy atom. The van der Waals surface area contributed by atoms with Gasteiger partial charge in [-0.3, -0.25) is 14.4 Å². The number of amides is 5. The molecule has 3 atom stereocenters.